The standard InChI is InChI=1S/C12H14N4OS/c1-2-8(10-4-3-7-18-10)14-12(17)9-5-6-11(13)16-15-9/h3-8H,2H2,1H3,(H2,13,16)(H,14,17). The average molecular weight is 262 g/mol. The molecule has 0 aliphatic heterocycles. The van der Waals surface area contributed by atoms with Crippen molar-refractivity contribution in [3.8, 4) is 0 Å². The lowest BCUT2D eigenvalue weighted by atomic mass is 10.2. The van der Waals surface area contributed by atoms with Gasteiger partial charge in [0.15, 0.2) is 5.69 Å². The van der Waals surface area contributed by atoms with Crippen molar-refractivity contribution in [1.82, 2.24) is 15.5 Å². The highest BCUT2D eigenvalue weighted by atomic mass is 32.1. The van der Waals surface area contributed by atoms with E-state index < -0.39 is 0 Å². The van der Waals surface area contributed by atoms with E-state index in [1.54, 1.807) is 23.5 Å². The highest BCUT2D eigenvalue weighted by molar-refractivity contribution is 7.10. The molecule has 1 atom stereocenters. The highest BCUT2D eigenvalue weighted by Crippen LogP contribution is 2.21. The van der Waals surface area contributed by atoms with E-state index in [0.717, 1.165) is 11.3 Å². The molecule has 2 rings (SSSR count). The molecule has 2 aromatic heterocycles. The number of nitrogens with two attached hydrogens (primary N) is 1. The molecule has 0 bridgehead atoms. The van der Waals surface area contributed by atoms with Gasteiger partial charge >= 0.3 is 0 Å². The van der Waals surface area contributed by atoms with Gasteiger partial charge in [0.2, 0.25) is 0 Å². The molecule has 2 aromatic rings. The number of nitrogen functional groups attached to an aromatic ring is 1. The summed E-state index contributed by atoms with van der Waals surface area (Å²) in [5, 5.41) is 12.4. The molecule has 0 aliphatic rings. The van der Waals surface area contributed by atoms with Crippen molar-refractivity contribution < 1.29 is 4.79 Å². The SMILES string of the molecule is CCC(NC(=O)c1ccc(N)nn1)c1cccs1. The van der Waals surface area contributed by atoms with Gasteiger partial charge in [-0.15, -0.1) is 21.5 Å². The van der Waals surface area contributed by atoms with Crippen LogP contribution in [0, 0.1) is 0 Å². The van der Waals surface area contributed by atoms with Crippen LogP contribution in [0.25, 0.3) is 0 Å². The number of aromatic nitrogens is 2. The zero-order valence-electron chi connectivity index (χ0n) is 9.96. The van der Waals surface area contributed by atoms with Crippen molar-refractivity contribution >= 4 is 23.1 Å². The van der Waals surface area contributed by atoms with Crippen LogP contribution in [-0.2, 0) is 0 Å². The molecule has 0 aliphatic carbocycles. The van der Waals surface area contributed by atoms with Crippen LogP contribution in [0.3, 0.4) is 0 Å². The number of carbonyl (C=O) groups is 1. The molecule has 0 fully saturated rings. The Morgan fingerprint density at radius 1 is 1.44 bits per heavy atom. The van der Waals surface area contributed by atoms with E-state index in [0.29, 0.717) is 5.82 Å². The highest BCUT2D eigenvalue weighted by Gasteiger charge is 2.15. The van der Waals surface area contributed by atoms with E-state index in [9.17, 15) is 4.79 Å². The molecule has 0 spiro atoms. The number of rotatable bonds is 4. The molecule has 2 heterocycles. The minimum absolute atomic E-state index is 0.0110. The topological polar surface area (TPSA) is 80.9 Å². The number of thiophene rings is 1. The van der Waals surface area contributed by atoms with Gasteiger partial charge in [0.1, 0.15) is 5.82 Å². The third-order valence-corrected chi connectivity index (χ3v) is 3.50. The van der Waals surface area contributed by atoms with Crippen molar-refractivity contribution in [2.45, 2.75) is 19.4 Å². The third-order valence-electron chi connectivity index (χ3n) is 2.52. The molecule has 0 radical (unpaired) electrons. The minimum Gasteiger partial charge on any atom is -0.382 e. The first kappa shape index (κ1) is 12.5. The molecular weight excluding hydrogens is 248 g/mol. The molecule has 5 nitrogen and oxygen atoms in total. The van der Waals surface area contributed by atoms with Gasteiger partial charge in [-0.1, -0.05) is 13.0 Å². The quantitative estimate of drug-likeness (QED) is 0.883. The van der Waals surface area contributed by atoms with Crippen LogP contribution in [0.5, 0.6) is 0 Å². The van der Waals surface area contributed by atoms with E-state index in [1.165, 1.54) is 0 Å². The van der Waals surface area contributed by atoms with Crippen molar-refractivity contribution in [3.05, 3.63) is 40.2 Å². The first-order valence-electron chi connectivity index (χ1n) is 5.64. The molecule has 0 saturated carbocycles. The fraction of sp³-hybridized carbons (Fsp3) is 0.250. The van der Waals surface area contributed by atoms with Gasteiger partial charge in [-0.25, -0.2) is 0 Å². The number of hydrogen-bond donors (Lipinski definition) is 2. The number of anilines is 1. The molecule has 3 N–H and O–H groups in total. The number of amides is 1. The molecule has 1 amide bonds. The van der Waals surface area contributed by atoms with Crippen molar-refractivity contribution in [3.63, 3.8) is 0 Å². The first-order valence-corrected chi connectivity index (χ1v) is 6.52. The van der Waals surface area contributed by atoms with Gasteiger partial charge in [-0.05, 0) is 30.0 Å². The zero-order chi connectivity index (χ0) is 13.0. The van der Waals surface area contributed by atoms with Crippen LogP contribution in [0.1, 0.15) is 34.8 Å². The Kier molecular flexibility index (Phi) is 3.88. The Morgan fingerprint density at radius 3 is 2.83 bits per heavy atom. The monoisotopic (exact) mass is 262 g/mol. The largest absolute Gasteiger partial charge is 0.382 e. The second-order valence-corrected chi connectivity index (χ2v) is 4.77. The summed E-state index contributed by atoms with van der Waals surface area (Å²) in [6.45, 7) is 2.03. The van der Waals surface area contributed by atoms with Gasteiger partial charge < -0.3 is 11.1 Å². The van der Waals surface area contributed by atoms with Gasteiger partial charge in [0.25, 0.3) is 5.91 Å². The third kappa shape index (κ3) is 2.84. The summed E-state index contributed by atoms with van der Waals surface area (Å²) in [5.74, 6) is 0.0691. The summed E-state index contributed by atoms with van der Waals surface area (Å²) in [5.41, 5.74) is 5.70. The lowest BCUT2D eigenvalue weighted by molar-refractivity contribution is 0.0930. The molecule has 18 heavy (non-hydrogen) atoms. The number of carbonyl (C=O) groups excluding carboxylic acids is 1. The smallest absolute Gasteiger partial charge is 0.272 e. The van der Waals surface area contributed by atoms with Gasteiger partial charge in [-0.3, -0.25) is 4.79 Å². The Bertz CT molecular complexity index is 509. The summed E-state index contributed by atoms with van der Waals surface area (Å²) >= 11 is 1.62. The lowest BCUT2D eigenvalue weighted by Crippen LogP contribution is -2.28. The summed E-state index contributed by atoms with van der Waals surface area (Å²) in [4.78, 5) is 13.1. The molecule has 0 saturated heterocycles. The maximum Gasteiger partial charge on any atom is 0.272 e. The summed E-state index contributed by atoms with van der Waals surface area (Å²) in [6.07, 6.45) is 0.828. The number of nitrogens with one attached hydrogen (secondary N) is 1. The molecule has 6 heteroatoms. The lowest BCUT2D eigenvalue weighted by Gasteiger charge is -2.14. The summed E-state index contributed by atoms with van der Waals surface area (Å²) in [6, 6.07) is 7.12. The van der Waals surface area contributed by atoms with E-state index in [-0.39, 0.29) is 17.6 Å². The minimum atomic E-state index is -0.234. The fourth-order valence-electron chi connectivity index (χ4n) is 1.56. The van der Waals surface area contributed by atoms with Crippen LogP contribution in [0.2, 0.25) is 0 Å². The Labute approximate surface area is 109 Å². The maximum atomic E-state index is 12.0. The second kappa shape index (κ2) is 5.59. The predicted molar refractivity (Wildman–Crippen MR) is 71.3 cm³/mol. The summed E-state index contributed by atoms with van der Waals surface area (Å²) < 4.78 is 0. The normalized spacial score (nSPS) is 12.1. The number of hydrogen-bond acceptors (Lipinski definition) is 5. The van der Waals surface area contributed by atoms with E-state index >= 15 is 0 Å². The molecule has 0 aromatic carbocycles. The predicted octanol–water partition coefficient (Wildman–Crippen LogP) is 2.00. The van der Waals surface area contributed by atoms with Crippen LogP contribution < -0.4 is 11.1 Å². The van der Waals surface area contributed by atoms with Gasteiger partial charge in [-0.2, -0.15) is 0 Å². The molecule has 1 unspecified atom stereocenters. The maximum absolute atomic E-state index is 12.0. The van der Waals surface area contributed by atoms with Gasteiger partial charge in [0, 0.05) is 4.88 Å². The van der Waals surface area contributed by atoms with Crippen molar-refractivity contribution in [2.24, 2.45) is 0 Å². The molecule has 94 valence electrons. The Morgan fingerprint density at radius 2 is 2.28 bits per heavy atom. The molecular formula is C12H14N4OS. The van der Waals surface area contributed by atoms with Crippen LogP contribution in [-0.4, -0.2) is 16.1 Å². The van der Waals surface area contributed by atoms with Crippen LogP contribution >= 0.6 is 11.3 Å². The van der Waals surface area contributed by atoms with Crippen LogP contribution in [0.4, 0.5) is 5.82 Å². The van der Waals surface area contributed by atoms with Crippen molar-refractivity contribution in [2.75, 3.05) is 5.73 Å². The van der Waals surface area contributed by atoms with E-state index in [1.807, 2.05) is 24.4 Å². The van der Waals surface area contributed by atoms with E-state index in [2.05, 4.69) is 15.5 Å². The second-order valence-electron chi connectivity index (χ2n) is 3.79. The zero-order valence-corrected chi connectivity index (χ0v) is 10.8. The number of nitrogens with zero attached hydrogens (tertiary/aromatic N) is 2. The fourth-order valence-corrected chi connectivity index (χ4v) is 2.42. The Balaban J connectivity index is 2.08. The van der Waals surface area contributed by atoms with Crippen LogP contribution in [0.15, 0.2) is 29.6 Å². The average Bonchev–Trinajstić information content (AvgIpc) is 2.90. The van der Waals surface area contributed by atoms with Crippen molar-refractivity contribution in [1.29, 1.82) is 0 Å². The summed E-state index contributed by atoms with van der Waals surface area (Å²) in [7, 11) is 0. The first-order chi connectivity index (χ1) is 8.70. The van der Waals surface area contributed by atoms with E-state index in [4.69, 9.17) is 5.73 Å². The Hall–Kier alpha value is -1.95. The van der Waals surface area contributed by atoms with Gasteiger partial charge in [0.05, 0.1) is 6.04 Å².